The summed E-state index contributed by atoms with van der Waals surface area (Å²) in [5, 5.41) is 23.7. The van der Waals surface area contributed by atoms with Crippen LogP contribution in [0.3, 0.4) is 0 Å². The lowest BCUT2D eigenvalue weighted by Gasteiger charge is -2.28. The molecule has 75 heavy (non-hydrogen) atoms. The lowest BCUT2D eigenvalue weighted by Crippen LogP contribution is -2.17. The zero-order valence-electron chi connectivity index (χ0n) is 45.9. The van der Waals surface area contributed by atoms with Crippen LogP contribution in [0.1, 0.15) is 135 Å². The molecule has 2 aromatic heterocycles. The van der Waals surface area contributed by atoms with Crippen LogP contribution < -0.4 is 0 Å². The molecule has 0 fully saturated rings. The molecular weight excluding hydrogens is 915 g/mol. The number of benzene rings is 8. The van der Waals surface area contributed by atoms with Crippen molar-refractivity contribution < 1.29 is 5.11 Å². The zero-order valence-corrected chi connectivity index (χ0v) is 45.9. The van der Waals surface area contributed by atoms with Crippen molar-refractivity contribution in [2.45, 2.75) is 118 Å². The summed E-state index contributed by atoms with van der Waals surface area (Å²) in [6.07, 6.45) is 0. The number of aromatic nitrogens is 4. The highest BCUT2D eigenvalue weighted by Gasteiger charge is 2.31. The van der Waals surface area contributed by atoms with Crippen molar-refractivity contribution in [3.63, 3.8) is 0 Å². The predicted octanol–water partition coefficient (Wildman–Crippen LogP) is 18.4. The van der Waals surface area contributed by atoms with Gasteiger partial charge in [-0.25, -0.2) is 9.97 Å². The molecule has 0 atom stereocenters. The largest absolute Gasteiger partial charge is 0.507 e. The number of phenols is 1. The summed E-state index contributed by atoms with van der Waals surface area (Å²) in [5.74, 6) is 1.89. The summed E-state index contributed by atoms with van der Waals surface area (Å²) < 4.78 is 4.59. The molecule has 0 aliphatic heterocycles. The van der Waals surface area contributed by atoms with Crippen LogP contribution in [0.4, 0.5) is 0 Å². The zero-order chi connectivity index (χ0) is 53.3. The van der Waals surface area contributed by atoms with E-state index < -0.39 is 0 Å². The van der Waals surface area contributed by atoms with Crippen LogP contribution in [-0.4, -0.2) is 24.2 Å². The van der Waals surface area contributed by atoms with E-state index in [1.54, 1.807) is 0 Å². The van der Waals surface area contributed by atoms with Crippen LogP contribution in [-0.2, 0) is 16.2 Å². The van der Waals surface area contributed by atoms with Crippen LogP contribution >= 0.6 is 0 Å². The Hall–Kier alpha value is -8.01. The predicted molar refractivity (Wildman–Crippen MR) is 314 cm³/mol. The van der Waals surface area contributed by atoms with E-state index in [0.29, 0.717) is 17.0 Å². The smallest absolute Gasteiger partial charge is 0.149 e. The highest BCUT2D eigenvalue weighted by molar-refractivity contribution is 5.98. The van der Waals surface area contributed by atoms with E-state index >= 15 is 0 Å². The number of hydrogen-bond acceptors (Lipinski definition) is 4. The molecule has 0 spiro atoms. The highest BCUT2D eigenvalue weighted by Crippen LogP contribution is 2.47. The quantitative estimate of drug-likeness (QED) is 0.156. The Labute approximate surface area is 444 Å². The first-order valence-electron chi connectivity index (χ1n) is 26.5. The standard InChI is InChI=1S/C69H69N5O/c1-42(2)53-36-47(45-23-16-14-17-24-45)37-54(43(3)4)63(53)74-61-30-22-27-52(62(61)72-66(74)56-39-51(68(8,9)10)40-57(64(56)75)69(11,12)13)48-33-44(41-70)34-49(35-48)65-71-58-28-20-21-29-60(58)73(65)59-32-31-50(67(5,6)7)38-55(59)46-25-18-15-19-26-46/h14-40,42-43,75H,1-13H3. The first kappa shape index (κ1) is 50.5. The molecule has 0 amide bonds. The number of para-hydroxylation sites is 3. The lowest BCUT2D eigenvalue weighted by molar-refractivity contribution is 0.446. The SMILES string of the molecule is CC(C)c1cc(-c2ccccc2)cc(C(C)C)c1-n1c(-c2cc(C(C)(C)C)cc(C(C)(C)C)c2O)nc2c(-c3cc(C#N)cc(-c4nc5ccccc5n4-c4ccc(C(C)(C)C)cc4-c4ccccc4)c3)cccc21. The first-order valence-corrected chi connectivity index (χ1v) is 26.5. The Kier molecular flexibility index (Phi) is 12.8. The van der Waals surface area contributed by atoms with Gasteiger partial charge in [-0.3, -0.25) is 9.13 Å². The fourth-order valence-corrected chi connectivity index (χ4v) is 10.7. The summed E-state index contributed by atoms with van der Waals surface area (Å²) in [7, 11) is 0. The minimum Gasteiger partial charge on any atom is -0.507 e. The minimum atomic E-state index is -0.368. The molecule has 0 saturated heterocycles. The van der Waals surface area contributed by atoms with Crippen molar-refractivity contribution in [2.75, 3.05) is 0 Å². The molecule has 376 valence electrons. The second kappa shape index (κ2) is 19.0. The summed E-state index contributed by atoms with van der Waals surface area (Å²) in [6.45, 7) is 29.0. The van der Waals surface area contributed by atoms with E-state index in [-0.39, 0.29) is 33.8 Å². The molecule has 0 saturated carbocycles. The molecule has 0 radical (unpaired) electrons. The monoisotopic (exact) mass is 984 g/mol. The average molecular weight is 984 g/mol. The molecule has 0 aliphatic rings. The topological polar surface area (TPSA) is 79.7 Å². The molecule has 10 rings (SSSR count). The first-order chi connectivity index (χ1) is 35.6. The van der Waals surface area contributed by atoms with Gasteiger partial charge in [0.05, 0.1) is 50.6 Å². The summed E-state index contributed by atoms with van der Waals surface area (Å²) in [4.78, 5) is 11.1. The fourth-order valence-electron chi connectivity index (χ4n) is 10.7. The van der Waals surface area contributed by atoms with E-state index in [9.17, 15) is 10.4 Å². The highest BCUT2D eigenvalue weighted by atomic mass is 16.3. The van der Waals surface area contributed by atoms with Crippen molar-refractivity contribution in [2.24, 2.45) is 0 Å². The van der Waals surface area contributed by atoms with Gasteiger partial charge in [-0.15, -0.1) is 0 Å². The van der Waals surface area contributed by atoms with Gasteiger partial charge in [0.2, 0.25) is 0 Å². The van der Waals surface area contributed by atoms with Gasteiger partial charge in [-0.2, -0.15) is 5.26 Å². The summed E-state index contributed by atoms with van der Waals surface area (Å²) in [5.41, 5.74) is 18.7. The maximum Gasteiger partial charge on any atom is 0.149 e. The van der Waals surface area contributed by atoms with Gasteiger partial charge in [-0.1, -0.05) is 187 Å². The Bertz CT molecular complexity index is 3810. The van der Waals surface area contributed by atoms with Gasteiger partial charge >= 0.3 is 0 Å². The molecule has 6 heteroatoms. The van der Waals surface area contributed by atoms with Crippen LogP contribution in [0.15, 0.2) is 164 Å². The maximum atomic E-state index is 12.8. The molecule has 8 aromatic carbocycles. The van der Waals surface area contributed by atoms with Gasteiger partial charge in [-0.05, 0) is 139 Å². The van der Waals surface area contributed by atoms with Crippen molar-refractivity contribution in [1.29, 1.82) is 5.26 Å². The molecule has 2 heterocycles. The Morgan fingerprint density at radius 3 is 1.67 bits per heavy atom. The van der Waals surface area contributed by atoms with Crippen LogP contribution in [0.5, 0.6) is 5.75 Å². The molecular formula is C69H69N5O. The third kappa shape index (κ3) is 9.35. The molecule has 1 N–H and O–H groups in total. The number of fused-ring (bicyclic) bond motifs is 2. The average Bonchev–Trinajstić information content (AvgIpc) is 3.97. The lowest BCUT2D eigenvalue weighted by atomic mass is 9.78. The molecule has 6 nitrogen and oxygen atoms in total. The summed E-state index contributed by atoms with van der Waals surface area (Å²) in [6, 6.07) is 60.3. The van der Waals surface area contributed by atoms with E-state index in [0.717, 1.165) is 83.8 Å². The third-order valence-electron chi connectivity index (χ3n) is 14.8. The normalized spacial score (nSPS) is 12.3. The van der Waals surface area contributed by atoms with E-state index in [4.69, 9.17) is 9.97 Å². The van der Waals surface area contributed by atoms with Crippen molar-refractivity contribution in [1.82, 2.24) is 19.1 Å². The Morgan fingerprint density at radius 1 is 0.467 bits per heavy atom. The molecule has 0 bridgehead atoms. The number of aromatic hydroxyl groups is 1. The molecule has 10 aromatic rings. The van der Waals surface area contributed by atoms with Crippen molar-refractivity contribution in [3.8, 4) is 79.3 Å². The van der Waals surface area contributed by atoms with Gasteiger partial charge < -0.3 is 5.11 Å². The number of phenolic OH excluding ortho intramolecular Hbond substituents is 1. The van der Waals surface area contributed by atoms with Crippen molar-refractivity contribution in [3.05, 3.63) is 197 Å². The molecule has 0 unspecified atom stereocenters. The second-order valence-corrected chi connectivity index (χ2v) is 24.1. The number of nitriles is 1. The minimum absolute atomic E-state index is 0.0763. The van der Waals surface area contributed by atoms with Crippen molar-refractivity contribution >= 4 is 22.1 Å². The van der Waals surface area contributed by atoms with E-state index in [2.05, 4.69) is 251 Å². The van der Waals surface area contributed by atoms with E-state index in [1.165, 1.54) is 22.3 Å². The molecule has 0 aliphatic carbocycles. The summed E-state index contributed by atoms with van der Waals surface area (Å²) >= 11 is 0. The second-order valence-electron chi connectivity index (χ2n) is 24.1. The Morgan fingerprint density at radius 2 is 1.05 bits per heavy atom. The van der Waals surface area contributed by atoms with Crippen LogP contribution in [0, 0.1) is 11.3 Å². The van der Waals surface area contributed by atoms with Crippen LogP contribution in [0.25, 0.3) is 89.6 Å². The van der Waals surface area contributed by atoms with Crippen LogP contribution in [0.2, 0.25) is 0 Å². The maximum absolute atomic E-state index is 12.8. The Balaban J connectivity index is 1.29. The van der Waals surface area contributed by atoms with E-state index in [1.807, 2.05) is 18.2 Å². The van der Waals surface area contributed by atoms with Gasteiger partial charge in [0.1, 0.15) is 17.4 Å². The third-order valence-corrected chi connectivity index (χ3v) is 14.8. The fraction of sp³-hybridized carbons (Fsp3) is 0.261. The number of hydrogen-bond donors (Lipinski definition) is 1. The van der Waals surface area contributed by atoms with Gasteiger partial charge in [0.25, 0.3) is 0 Å². The number of rotatable bonds is 9. The van der Waals surface area contributed by atoms with Gasteiger partial charge in [0, 0.05) is 22.3 Å². The number of imidazole rings is 2. The van der Waals surface area contributed by atoms with Gasteiger partial charge in [0.15, 0.2) is 0 Å². The number of nitrogens with zero attached hydrogens (tertiary/aromatic N) is 5.